The molecule has 0 radical (unpaired) electrons. The first-order chi connectivity index (χ1) is 9.74. The quantitative estimate of drug-likeness (QED) is 0.733. The Balaban J connectivity index is 1.97. The summed E-state index contributed by atoms with van der Waals surface area (Å²) >= 11 is 0. The topological polar surface area (TPSA) is 35.8 Å². The molecule has 0 atom stereocenters. The first-order valence-corrected chi connectivity index (χ1v) is 6.21. The summed E-state index contributed by atoms with van der Waals surface area (Å²) in [5, 5.41) is 14.2. The monoisotopic (exact) mass is 262 g/mol. The molecule has 96 valence electrons. The maximum Gasteiger partial charge on any atom is 0.126 e. The van der Waals surface area contributed by atoms with E-state index in [-0.39, 0.29) is 0 Å². The number of fused-ring (bicyclic) bond motifs is 1. The van der Waals surface area contributed by atoms with Gasteiger partial charge < -0.3 is 5.32 Å². The zero-order chi connectivity index (χ0) is 13.9. The second kappa shape index (κ2) is 5.02. The van der Waals surface area contributed by atoms with Crippen molar-refractivity contribution in [3.05, 3.63) is 72.0 Å². The summed E-state index contributed by atoms with van der Waals surface area (Å²) in [5.74, 6) is -0.424. The summed E-state index contributed by atoms with van der Waals surface area (Å²) < 4.78 is 13.4. The zero-order valence-corrected chi connectivity index (χ0v) is 10.6. The van der Waals surface area contributed by atoms with E-state index < -0.39 is 5.82 Å². The van der Waals surface area contributed by atoms with Crippen LogP contribution in [0.1, 0.15) is 5.56 Å². The van der Waals surface area contributed by atoms with E-state index in [0.29, 0.717) is 11.3 Å². The fraction of sp³-hybridized carbons (Fsp3) is 0. The third-order valence-electron chi connectivity index (χ3n) is 3.07. The lowest BCUT2D eigenvalue weighted by atomic mass is 10.1. The van der Waals surface area contributed by atoms with E-state index in [0.717, 1.165) is 16.5 Å². The molecule has 0 saturated carbocycles. The average molecular weight is 262 g/mol. The van der Waals surface area contributed by atoms with Crippen LogP contribution < -0.4 is 5.32 Å². The number of nitrogens with zero attached hydrogens (tertiary/aromatic N) is 1. The van der Waals surface area contributed by atoms with E-state index in [1.54, 1.807) is 6.07 Å². The van der Waals surface area contributed by atoms with Crippen molar-refractivity contribution >= 4 is 22.1 Å². The van der Waals surface area contributed by atoms with E-state index in [4.69, 9.17) is 5.26 Å². The number of rotatable bonds is 2. The molecule has 0 amide bonds. The number of hydrogen-bond donors (Lipinski definition) is 1. The smallest absolute Gasteiger partial charge is 0.126 e. The van der Waals surface area contributed by atoms with Gasteiger partial charge in [-0.3, -0.25) is 0 Å². The van der Waals surface area contributed by atoms with E-state index >= 15 is 0 Å². The molecule has 3 aromatic rings. The second-order valence-electron chi connectivity index (χ2n) is 4.53. The van der Waals surface area contributed by atoms with Crippen LogP contribution in [-0.2, 0) is 0 Å². The molecule has 0 aliphatic heterocycles. The van der Waals surface area contributed by atoms with Crippen LogP contribution in [-0.4, -0.2) is 0 Å². The lowest BCUT2D eigenvalue weighted by Crippen LogP contribution is -1.92. The van der Waals surface area contributed by atoms with Gasteiger partial charge in [0, 0.05) is 11.4 Å². The van der Waals surface area contributed by atoms with Crippen LogP contribution in [0.2, 0.25) is 0 Å². The van der Waals surface area contributed by atoms with Gasteiger partial charge in [-0.2, -0.15) is 5.26 Å². The Morgan fingerprint density at radius 1 is 0.850 bits per heavy atom. The minimum atomic E-state index is -0.424. The van der Waals surface area contributed by atoms with E-state index in [1.165, 1.54) is 12.1 Å². The van der Waals surface area contributed by atoms with Crippen LogP contribution in [0, 0.1) is 17.1 Å². The first-order valence-electron chi connectivity index (χ1n) is 6.21. The van der Waals surface area contributed by atoms with Crippen LogP contribution in [0.25, 0.3) is 10.8 Å². The largest absolute Gasteiger partial charge is 0.355 e. The third-order valence-corrected chi connectivity index (χ3v) is 3.07. The molecule has 0 unspecified atom stereocenters. The van der Waals surface area contributed by atoms with E-state index in [9.17, 15) is 4.39 Å². The maximum absolute atomic E-state index is 13.4. The van der Waals surface area contributed by atoms with Crippen molar-refractivity contribution < 1.29 is 4.39 Å². The molecule has 3 rings (SSSR count). The van der Waals surface area contributed by atoms with Crippen LogP contribution in [0.3, 0.4) is 0 Å². The summed E-state index contributed by atoms with van der Waals surface area (Å²) in [6.07, 6.45) is 0. The Morgan fingerprint density at radius 3 is 2.45 bits per heavy atom. The Hall–Kier alpha value is -2.86. The SMILES string of the molecule is N#Cc1cc(F)cc(Nc2ccc3ccccc3c2)c1. The highest BCUT2D eigenvalue weighted by molar-refractivity contribution is 5.86. The van der Waals surface area contributed by atoms with Crippen molar-refractivity contribution in [3.63, 3.8) is 0 Å². The van der Waals surface area contributed by atoms with Crippen molar-refractivity contribution in [1.29, 1.82) is 5.26 Å². The van der Waals surface area contributed by atoms with Gasteiger partial charge in [0.1, 0.15) is 5.82 Å². The highest BCUT2D eigenvalue weighted by atomic mass is 19.1. The first kappa shape index (κ1) is 12.2. The van der Waals surface area contributed by atoms with Gasteiger partial charge in [-0.1, -0.05) is 30.3 Å². The number of benzene rings is 3. The highest BCUT2D eigenvalue weighted by Crippen LogP contribution is 2.23. The second-order valence-corrected chi connectivity index (χ2v) is 4.53. The Bertz CT molecular complexity index is 819. The average Bonchev–Trinajstić information content (AvgIpc) is 2.46. The van der Waals surface area contributed by atoms with Crippen molar-refractivity contribution in [1.82, 2.24) is 0 Å². The molecular weight excluding hydrogens is 251 g/mol. The van der Waals surface area contributed by atoms with Crippen molar-refractivity contribution in [2.45, 2.75) is 0 Å². The Morgan fingerprint density at radius 2 is 1.65 bits per heavy atom. The van der Waals surface area contributed by atoms with E-state index in [1.807, 2.05) is 48.5 Å². The van der Waals surface area contributed by atoms with Crippen LogP contribution >= 0.6 is 0 Å². The summed E-state index contributed by atoms with van der Waals surface area (Å²) in [6, 6.07) is 20.1. The minimum absolute atomic E-state index is 0.299. The lowest BCUT2D eigenvalue weighted by Gasteiger charge is -2.08. The molecule has 3 aromatic carbocycles. The van der Waals surface area contributed by atoms with Gasteiger partial charge in [-0.05, 0) is 41.1 Å². The molecule has 20 heavy (non-hydrogen) atoms. The molecule has 0 heterocycles. The molecular formula is C17H11FN2. The van der Waals surface area contributed by atoms with Crippen LogP contribution in [0.5, 0.6) is 0 Å². The standard InChI is InChI=1S/C17H11FN2/c18-15-7-12(11-19)8-17(10-15)20-16-6-5-13-3-1-2-4-14(13)9-16/h1-10,20H. The fourth-order valence-electron chi connectivity index (χ4n) is 2.16. The summed E-state index contributed by atoms with van der Waals surface area (Å²) in [4.78, 5) is 0. The predicted molar refractivity (Wildman–Crippen MR) is 78.3 cm³/mol. The minimum Gasteiger partial charge on any atom is -0.355 e. The molecule has 0 saturated heterocycles. The van der Waals surface area contributed by atoms with Gasteiger partial charge in [-0.15, -0.1) is 0 Å². The fourth-order valence-corrected chi connectivity index (χ4v) is 2.16. The number of nitrogens with one attached hydrogen (secondary N) is 1. The molecule has 0 aromatic heterocycles. The van der Waals surface area contributed by atoms with Gasteiger partial charge in [0.25, 0.3) is 0 Å². The van der Waals surface area contributed by atoms with Crippen molar-refractivity contribution in [2.75, 3.05) is 5.32 Å². The van der Waals surface area contributed by atoms with Gasteiger partial charge in [0.2, 0.25) is 0 Å². The van der Waals surface area contributed by atoms with Gasteiger partial charge in [0.15, 0.2) is 0 Å². The molecule has 0 aliphatic rings. The third kappa shape index (κ3) is 2.45. The van der Waals surface area contributed by atoms with Crippen molar-refractivity contribution in [2.24, 2.45) is 0 Å². The number of anilines is 2. The summed E-state index contributed by atoms with van der Waals surface area (Å²) in [6.45, 7) is 0. The highest BCUT2D eigenvalue weighted by Gasteiger charge is 2.02. The normalized spacial score (nSPS) is 10.2. The molecule has 0 bridgehead atoms. The Kier molecular flexibility index (Phi) is 3.06. The number of halogens is 1. The molecule has 3 heteroatoms. The Labute approximate surface area is 116 Å². The van der Waals surface area contributed by atoms with Crippen LogP contribution in [0.15, 0.2) is 60.7 Å². The van der Waals surface area contributed by atoms with E-state index in [2.05, 4.69) is 5.32 Å². The summed E-state index contributed by atoms with van der Waals surface area (Å²) in [7, 11) is 0. The molecule has 0 spiro atoms. The van der Waals surface area contributed by atoms with Gasteiger partial charge in [-0.25, -0.2) is 4.39 Å². The molecule has 0 aliphatic carbocycles. The summed E-state index contributed by atoms with van der Waals surface area (Å²) in [5.41, 5.74) is 1.73. The lowest BCUT2D eigenvalue weighted by molar-refractivity contribution is 0.628. The predicted octanol–water partition coefficient (Wildman–Crippen LogP) is 4.59. The zero-order valence-electron chi connectivity index (χ0n) is 10.6. The molecule has 1 N–H and O–H groups in total. The number of hydrogen-bond acceptors (Lipinski definition) is 2. The maximum atomic E-state index is 13.4. The molecule has 0 fully saturated rings. The number of nitriles is 1. The van der Waals surface area contributed by atoms with Gasteiger partial charge in [0.05, 0.1) is 11.6 Å². The van der Waals surface area contributed by atoms with Crippen molar-refractivity contribution in [3.8, 4) is 6.07 Å². The van der Waals surface area contributed by atoms with Gasteiger partial charge >= 0.3 is 0 Å². The van der Waals surface area contributed by atoms with Crippen LogP contribution in [0.4, 0.5) is 15.8 Å². The molecule has 2 nitrogen and oxygen atoms in total.